The van der Waals surface area contributed by atoms with Crippen molar-refractivity contribution in [1.82, 2.24) is 19.9 Å². The molecule has 1 fully saturated rings. The van der Waals surface area contributed by atoms with E-state index in [-0.39, 0.29) is 16.8 Å². The highest BCUT2D eigenvalue weighted by atomic mass is 32.2. The number of likely N-dealkylation sites (N-methyl/N-ethyl adjacent to an activating group) is 1. The number of amides is 1. The van der Waals surface area contributed by atoms with Crippen molar-refractivity contribution in [2.45, 2.75) is 17.4 Å². The van der Waals surface area contributed by atoms with Gasteiger partial charge in [-0.05, 0) is 71.5 Å². The molecule has 1 saturated heterocycles. The molecule has 1 unspecified atom stereocenters. The van der Waals surface area contributed by atoms with E-state index in [1.54, 1.807) is 47.2 Å². The summed E-state index contributed by atoms with van der Waals surface area (Å²) in [4.78, 5) is 27.6. The molecule has 1 aliphatic heterocycles. The SMILES string of the molecule is CN(C(=O)c1ccc(-c2cnc3[nH]c4ccc(N(C)S(=O)(=O)c5ccsc5)cc4c3c2-c2ccncc2)cc1)C1CCOC1. The molecule has 0 aliphatic carbocycles. The molecule has 11 heteroatoms. The van der Waals surface area contributed by atoms with Crippen molar-refractivity contribution >= 4 is 54.9 Å². The van der Waals surface area contributed by atoms with Gasteiger partial charge >= 0.3 is 0 Å². The number of nitrogens with zero attached hydrogens (tertiary/aromatic N) is 4. The minimum Gasteiger partial charge on any atom is -0.379 e. The normalized spacial score (nSPS) is 15.2. The first-order chi connectivity index (χ1) is 21.3. The van der Waals surface area contributed by atoms with E-state index in [0.717, 1.165) is 45.0 Å². The van der Waals surface area contributed by atoms with E-state index in [0.29, 0.717) is 30.1 Å². The smallest absolute Gasteiger partial charge is 0.264 e. The molecule has 2 aromatic carbocycles. The molecule has 0 bridgehead atoms. The standard InChI is InChI=1S/C33H29N5O4S2/c1-37(25-11-15-42-19-25)33(39)23-5-3-21(4-6-23)28-18-35-32-31(30(28)22-9-13-34-14-10-22)27-17-24(7-8-29(27)36-32)38(2)44(40,41)26-12-16-43-20-26/h3-10,12-14,16-18,20,25H,11,15,19H2,1-2H3,(H,35,36). The molecule has 6 aromatic rings. The number of aromatic nitrogens is 3. The van der Waals surface area contributed by atoms with Crippen LogP contribution in [-0.2, 0) is 14.8 Å². The minimum atomic E-state index is -3.72. The number of pyridine rings is 2. The summed E-state index contributed by atoms with van der Waals surface area (Å²) in [7, 11) is -0.330. The van der Waals surface area contributed by atoms with Crippen LogP contribution in [0.5, 0.6) is 0 Å². The highest BCUT2D eigenvalue weighted by Crippen LogP contribution is 2.41. The van der Waals surface area contributed by atoms with E-state index in [9.17, 15) is 13.2 Å². The Balaban J connectivity index is 1.36. The number of sulfonamides is 1. The number of aromatic amines is 1. The van der Waals surface area contributed by atoms with Gasteiger partial charge in [0.1, 0.15) is 5.65 Å². The maximum absolute atomic E-state index is 13.3. The zero-order chi connectivity index (χ0) is 30.4. The Kier molecular flexibility index (Phi) is 7.16. The number of ether oxygens (including phenoxy) is 1. The van der Waals surface area contributed by atoms with Gasteiger partial charge in [-0.3, -0.25) is 14.1 Å². The van der Waals surface area contributed by atoms with Gasteiger partial charge in [-0.2, -0.15) is 11.3 Å². The Morgan fingerprint density at radius 2 is 1.82 bits per heavy atom. The molecule has 44 heavy (non-hydrogen) atoms. The van der Waals surface area contributed by atoms with Gasteiger partial charge in [0.2, 0.25) is 0 Å². The summed E-state index contributed by atoms with van der Waals surface area (Å²) in [5.41, 5.74) is 6.32. The lowest BCUT2D eigenvalue weighted by Gasteiger charge is -2.23. The number of anilines is 1. The molecule has 5 heterocycles. The van der Waals surface area contributed by atoms with Crippen molar-refractivity contribution in [3.63, 3.8) is 0 Å². The van der Waals surface area contributed by atoms with Crippen LogP contribution in [0.4, 0.5) is 5.69 Å². The first kappa shape index (κ1) is 28.2. The fourth-order valence-electron chi connectivity index (χ4n) is 5.76. The summed E-state index contributed by atoms with van der Waals surface area (Å²) in [6.45, 7) is 1.23. The van der Waals surface area contributed by atoms with Crippen molar-refractivity contribution in [1.29, 1.82) is 0 Å². The Bertz CT molecular complexity index is 2090. The molecule has 4 aromatic heterocycles. The lowest BCUT2D eigenvalue weighted by molar-refractivity contribution is 0.0711. The van der Waals surface area contributed by atoms with Crippen LogP contribution in [0.25, 0.3) is 44.2 Å². The van der Waals surface area contributed by atoms with Crippen molar-refractivity contribution in [2.75, 3.05) is 31.6 Å². The third-order valence-corrected chi connectivity index (χ3v) is 10.9. The maximum atomic E-state index is 13.3. The summed E-state index contributed by atoms with van der Waals surface area (Å²) in [5, 5.41) is 5.10. The van der Waals surface area contributed by atoms with Crippen LogP contribution in [0.15, 0.2) is 94.9 Å². The lowest BCUT2D eigenvalue weighted by atomic mass is 9.92. The predicted molar refractivity (Wildman–Crippen MR) is 173 cm³/mol. The number of rotatable bonds is 7. The van der Waals surface area contributed by atoms with Crippen LogP contribution in [0, 0.1) is 0 Å². The van der Waals surface area contributed by atoms with E-state index in [4.69, 9.17) is 9.72 Å². The lowest BCUT2D eigenvalue weighted by Crippen LogP contribution is -2.37. The molecule has 9 nitrogen and oxygen atoms in total. The molecular weight excluding hydrogens is 595 g/mol. The number of thiophene rings is 1. The number of benzene rings is 2. The largest absolute Gasteiger partial charge is 0.379 e. The molecule has 1 atom stereocenters. The number of fused-ring (bicyclic) bond motifs is 3. The summed E-state index contributed by atoms with van der Waals surface area (Å²) in [6, 6.07) is 18.7. The summed E-state index contributed by atoms with van der Waals surface area (Å²) >= 11 is 1.34. The van der Waals surface area contributed by atoms with Crippen LogP contribution in [0.3, 0.4) is 0 Å². The Hall–Kier alpha value is -4.58. The predicted octanol–water partition coefficient (Wildman–Crippen LogP) is 6.19. The molecular formula is C33H29N5O4S2. The van der Waals surface area contributed by atoms with Crippen LogP contribution < -0.4 is 4.31 Å². The maximum Gasteiger partial charge on any atom is 0.264 e. The van der Waals surface area contributed by atoms with E-state index in [1.807, 2.05) is 61.8 Å². The second-order valence-corrected chi connectivity index (χ2v) is 13.6. The van der Waals surface area contributed by atoms with Crippen molar-refractivity contribution in [3.05, 3.63) is 95.6 Å². The fraction of sp³-hybridized carbons (Fsp3) is 0.182. The Morgan fingerprint density at radius 3 is 2.52 bits per heavy atom. The zero-order valence-corrected chi connectivity index (χ0v) is 25.7. The van der Waals surface area contributed by atoms with Crippen LogP contribution in [0.1, 0.15) is 16.8 Å². The topological polar surface area (TPSA) is 108 Å². The first-order valence-corrected chi connectivity index (χ1v) is 16.5. The molecule has 7 rings (SSSR count). The van der Waals surface area contributed by atoms with Gasteiger partial charge < -0.3 is 14.6 Å². The number of nitrogens with one attached hydrogen (secondary N) is 1. The molecule has 1 N–H and O–H groups in total. The molecule has 222 valence electrons. The van der Waals surface area contributed by atoms with Gasteiger partial charge in [-0.25, -0.2) is 13.4 Å². The second kappa shape index (κ2) is 11.2. The average Bonchev–Trinajstić information content (AvgIpc) is 3.85. The summed E-state index contributed by atoms with van der Waals surface area (Å²) in [6.07, 6.45) is 6.16. The first-order valence-electron chi connectivity index (χ1n) is 14.1. The zero-order valence-electron chi connectivity index (χ0n) is 24.1. The van der Waals surface area contributed by atoms with E-state index in [2.05, 4.69) is 9.97 Å². The van der Waals surface area contributed by atoms with Crippen LogP contribution in [0.2, 0.25) is 0 Å². The van der Waals surface area contributed by atoms with Gasteiger partial charge in [0.15, 0.2) is 0 Å². The van der Waals surface area contributed by atoms with E-state index >= 15 is 0 Å². The summed E-state index contributed by atoms with van der Waals surface area (Å²) < 4.78 is 33.4. The van der Waals surface area contributed by atoms with Crippen molar-refractivity contribution < 1.29 is 17.9 Å². The van der Waals surface area contributed by atoms with Gasteiger partial charge in [0.25, 0.3) is 15.9 Å². The third-order valence-electron chi connectivity index (χ3n) is 8.31. The van der Waals surface area contributed by atoms with Crippen molar-refractivity contribution in [3.8, 4) is 22.3 Å². The van der Waals surface area contributed by atoms with Gasteiger partial charge in [0, 0.05) is 77.7 Å². The van der Waals surface area contributed by atoms with Crippen LogP contribution in [-0.4, -0.2) is 67.5 Å². The average molecular weight is 624 g/mol. The monoisotopic (exact) mass is 623 g/mol. The second-order valence-electron chi connectivity index (χ2n) is 10.8. The fourth-order valence-corrected chi connectivity index (χ4v) is 7.97. The number of hydrogen-bond donors (Lipinski definition) is 1. The number of H-pyrrole nitrogens is 1. The Labute approximate surface area is 258 Å². The molecule has 0 saturated carbocycles. The number of carbonyl (C=O) groups is 1. The minimum absolute atomic E-state index is 0.0411. The van der Waals surface area contributed by atoms with Gasteiger partial charge in [0.05, 0.1) is 23.2 Å². The molecule has 0 radical (unpaired) electrons. The quantitative estimate of drug-likeness (QED) is 0.227. The highest BCUT2D eigenvalue weighted by molar-refractivity contribution is 7.93. The number of carbonyl (C=O) groups excluding carboxylic acids is 1. The number of hydrogen-bond acceptors (Lipinski definition) is 7. The van der Waals surface area contributed by atoms with Gasteiger partial charge in [-0.1, -0.05) is 12.1 Å². The van der Waals surface area contributed by atoms with Crippen molar-refractivity contribution in [2.24, 2.45) is 0 Å². The molecule has 1 amide bonds. The van der Waals surface area contributed by atoms with Gasteiger partial charge in [-0.15, -0.1) is 0 Å². The molecule has 1 aliphatic rings. The summed E-state index contributed by atoms with van der Waals surface area (Å²) in [5.74, 6) is -0.0411. The Morgan fingerprint density at radius 1 is 1.02 bits per heavy atom. The van der Waals surface area contributed by atoms with Crippen LogP contribution >= 0.6 is 11.3 Å². The van der Waals surface area contributed by atoms with E-state index in [1.165, 1.54) is 15.6 Å². The highest BCUT2D eigenvalue weighted by Gasteiger charge is 2.26. The molecule has 0 spiro atoms. The van der Waals surface area contributed by atoms with E-state index < -0.39 is 10.0 Å². The third kappa shape index (κ3) is 4.83.